The van der Waals surface area contributed by atoms with E-state index < -0.39 is 0 Å². The van der Waals surface area contributed by atoms with Gasteiger partial charge in [-0.3, -0.25) is 5.41 Å². The summed E-state index contributed by atoms with van der Waals surface area (Å²) in [7, 11) is 0. The predicted octanol–water partition coefficient (Wildman–Crippen LogP) is 3.29. The van der Waals surface area contributed by atoms with Gasteiger partial charge in [0.2, 0.25) is 0 Å². The van der Waals surface area contributed by atoms with E-state index >= 15 is 0 Å². The summed E-state index contributed by atoms with van der Waals surface area (Å²) in [6.45, 7) is 0. The molecule has 0 fully saturated rings. The highest BCUT2D eigenvalue weighted by atomic mass is 35.5. The average molecular weight is 231 g/mol. The fourth-order valence-corrected chi connectivity index (χ4v) is 1.79. The second kappa shape index (κ2) is 4.37. The quantitative estimate of drug-likeness (QED) is 0.604. The monoisotopic (exact) mass is 230 g/mol. The number of halogens is 1. The van der Waals surface area contributed by atoms with Gasteiger partial charge in [0.05, 0.1) is 0 Å². The first-order chi connectivity index (χ1) is 7.68. The Balaban J connectivity index is 2.53. The smallest absolute Gasteiger partial charge is 0.122 e. The highest BCUT2D eigenvalue weighted by Gasteiger charge is 2.04. The van der Waals surface area contributed by atoms with Crippen molar-refractivity contribution in [3.05, 3.63) is 59.1 Å². The number of hydrogen-bond acceptors (Lipinski definition) is 1. The maximum Gasteiger partial charge on any atom is 0.122 e. The number of nitrogens with two attached hydrogens (primary N) is 1. The van der Waals surface area contributed by atoms with Gasteiger partial charge in [0.25, 0.3) is 0 Å². The third-order valence-corrected chi connectivity index (χ3v) is 2.69. The number of benzene rings is 2. The lowest BCUT2D eigenvalue weighted by atomic mass is 10.0. The van der Waals surface area contributed by atoms with Crippen LogP contribution < -0.4 is 5.73 Å². The largest absolute Gasteiger partial charge is 0.384 e. The van der Waals surface area contributed by atoms with E-state index in [1.165, 1.54) is 0 Å². The van der Waals surface area contributed by atoms with Crippen LogP contribution in [0.5, 0.6) is 0 Å². The lowest BCUT2D eigenvalue weighted by molar-refractivity contribution is 1.42. The lowest BCUT2D eigenvalue weighted by Gasteiger charge is -2.06. The molecular weight excluding hydrogens is 220 g/mol. The van der Waals surface area contributed by atoms with Gasteiger partial charge in [0.1, 0.15) is 5.84 Å². The topological polar surface area (TPSA) is 49.9 Å². The lowest BCUT2D eigenvalue weighted by Crippen LogP contribution is -2.10. The van der Waals surface area contributed by atoms with E-state index in [1.807, 2.05) is 48.5 Å². The second-order valence-electron chi connectivity index (χ2n) is 3.47. The standard InChI is InChI=1S/C13H11ClN2/c14-12-7-2-1-6-11(12)9-4-3-5-10(8-9)13(15)16/h1-8H,(H3,15,16). The Labute approximate surface area is 99.2 Å². The minimum Gasteiger partial charge on any atom is -0.384 e. The van der Waals surface area contributed by atoms with Gasteiger partial charge in [0.15, 0.2) is 0 Å². The predicted molar refractivity (Wildman–Crippen MR) is 67.9 cm³/mol. The third-order valence-electron chi connectivity index (χ3n) is 2.36. The molecule has 0 amide bonds. The Morgan fingerprint density at radius 1 is 1.06 bits per heavy atom. The molecule has 2 aromatic carbocycles. The zero-order chi connectivity index (χ0) is 11.5. The zero-order valence-corrected chi connectivity index (χ0v) is 9.33. The van der Waals surface area contributed by atoms with Crippen LogP contribution in [0, 0.1) is 5.41 Å². The summed E-state index contributed by atoms with van der Waals surface area (Å²) in [4.78, 5) is 0. The molecule has 0 atom stereocenters. The summed E-state index contributed by atoms with van der Waals surface area (Å²) in [6.07, 6.45) is 0. The third kappa shape index (κ3) is 2.07. The number of amidine groups is 1. The normalized spacial score (nSPS) is 10.1. The number of nitrogens with one attached hydrogen (secondary N) is 1. The molecular formula is C13H11ClN2. The molecule has 0 saturated heterocycles. The molecule has 0 bridgehead atoms. The average Bonchev–Trinajstić information content (AvgIpc) is 2.30. The molecule has 0 spiro atoms. The van der Waals surface area contributed by atoms with Crippen molar-refractivity contribution in [2.75, 3.05) is 0 Å². The molecule has 3 N–H and O–H groups in total. The first-order valence-corrected chi connectivity index (χ1v) is 5.25. The van der Waals surface area contributed by atoms with Gasteiger partial charge in [-0.15, -0.1) is 0 Å². The van der Waals surface area contributed by atoms with Gasteiger partial charge in [-0.1, -0.05) is 48.0 Å². The van der Waals surface area contributed by atoms with Gasteiger partial charge in [-0.2, -0.15) is 0 Å². The SMILES string of the molecule is N=C(N)c1cccc(-c2ccccc2Cl)c1. The van der Waals surface area contributed by atoms with Gasteiger partial charge in [0, 0.05) is 16.1 Å². The van der Waals surface area contributed by atoms with Crippen molar-refractivity contribution in [2.24, 2.45) is 5.73 Å². The maximum absolute atomic E-state index is 7.39. The molecule has 2 aromatic rings. The van der Waals surface area contributed by atoms with Crippen LogP contribution in [0.4, 0.5) is 0 Å². The molecule has 0 saturated carbocycles. The van der Waals surface area contributed by atoms with Crippen molar-refractivity contribution < 1.29 is 0 Å². The molecule has 80 valence electrons. The van der Waals surface area contributed by atoms with Gasteiger partial charge >= 0.3 is 0 Å². The van der Waals surface area contributed by atoms with E-state index in [2.05, 4.69) is 0 Å². The fourth-order valence-electron chi connectivity index (χ4n) is 1.55. The van der Waals surface area contributed by atoms with Crippen LogP contribution in [0.15, 0.2) is 48.5 Å². The second-order valence-corrected chi connectivity index (χ2v) is 3.88. The Hall–Kier alpha value is -1.80. The van der Waals surface area contributed by atoms with Crippen molar-refractivity contribution in [3.8, 4) is 11.1 Å². The van der Waals surface area contributed by atoms with Crippen molar-refractivity contribution in [2.45, 2.75) is 0 Å². The molecule has 0 radical (unpaired) electrons. The Morgan fingerprint density at radius 3 is 2.50 bits per heavy atom. The highest BCUT2D eigenvalue weighted by Crippen LogP contribution is 2.27. The van der Waals surface area contributed by atoms with Crippen LogP contribution in [0.25, 0.3) is 11.1 Å². The van der Waals surface area contributed by atoms with E-state index in [0.29, 0.717) is 10.6 Å². The first kappa shape index (κ1) is 10.7. The summed E-state index contributed by atoms with van der Waals surface area (Å²) >= 11 is 6.11. The Morgan fingerprint density at radius 2 is 1.81 bits per heavy atom. The number of hydrogen-bond donors (Lipinski definition) is 2. The molecule has 0 aliphatic heterocycles. The van der Waals surface area contributed by atoms with E-state index in [0.717, 1.165) is 11.1 Å². The molecule has 2 rings (SSSR count). The Bertz CT molecular complexity index is 535. The van der Waals surface area contributed by atoms with Crippen molar-refractivity contribution in [1.29, 1.82) is 5.41 Å². The maximum atomic E-state index is 7.39. The van der Waals surface area contributed by atoms with E-state index in [9.17, 15) is 0 Å². The summed E-state index contributed by atoms with van der Waals surface area (Å²) in [5.41, 5.74) is 8.08. The summed E-state index contributed by atoms with van der Waals surface area (Å²) in [5, 5.41) is 8.09. The summed E-state index contributed by atoms with van der Waals surface area (Å²) in [6, 6.07) is 15.1. The Kier molecular flexibility index (Phi) is 2.93. The first-order valence-electron chi connectivity index (χ1n) is 4.88. The van der Waals surface area contributed by atoms with Crippen molar-refractivity contribution in [3.63, 3.8) is 0 Å². The molecule has 0 aromatic heterocycles. The zero-order valence-electron chi connectivity index (χ0n) is 8.57. The van der Waals surface area contributed by atoms with E-state index in [-0.39, 0.29) is 5.84 Å². The van der Waals surface area contributed by atoms with Crippen LogP contribution in [-0.4, -0.2) is 5.84 Å². The van der Waals surface area contributed by atoms with Crippen LogP contribution in [0.2, 0.25) is 5.02 Å². The van der Waals surface area contributed by atoms with Crippen LogP contribution in [0.1, 0.15) is 5.56 Å². The number of nitrogen functional groups attached to an aromatic ring is 1. The van der Waals surface area contributed by atoms with E-state index in [1.54, 1.807) is 0 Å². The molecule has 0 unspecified atom stereocenters. The fraction of sp³-hybridized carbons (Fsp3) is 0. The van der Waals surface area contributed by atoms with Crippen molar-refractivity contribution in [1.82, 2.24) is 0 Å². The highest BCUT2D eigenvalue weighted by molar-refractivity contribution is 6.33. The molecule has 2 nitrogen and oxygen atoms in total. The molecule has 3 heteroatoms. The van der Waals surface area contributed by atoms with Crippen molar-refractivity contribution >= 4 is 17.4 Å². The van der Waals surface area contributed by atoms with Gasteiger partial charge in [-0.25, -0.2) is 0 Å². The van der Waals surface area contributed by atoms with E-state index in [4.69, 9.17) is 22.7 Å². The summed E-state index contributed by atoms with van der Waals surface area (Å²) < 4.78 is 0. The molecule has 0 aliphatic carbocycles. The van der Waals surface area contributed by atoms with Crippen LogP contribution in [-0.2, 0) is 0 Å². The van der Waals surface area contributed by atoms with Gasteiger partial charge in [-0.05, 0) is 17.7 Å². The molecule has 0 aliphatic rings. The minimum absolute atomic E-state index is 0.0638. The molecule has 16 heavy (non-hydrogen) atoms. The minimum atomic E-state index is 0.0638. The van der Waals surface area contributed by atoms with Gasteiger partial charge < -0.3 is 5.73 Å². The molecule has 0 heterocycles. The van der Waals surface area contributed by atoms with Crippen LogP contribution in [0.3, 0.4) is 0 Å². The summed E-state index contributed by atoms with van der Waals surface area (Å²) in [5.74, 6) is 0.0638. The van der Waals surface area contributed by atoms with Crippen LogP contribution >= 0.6 is 11.6 Å². The number of rotatable bonds is 2.